The summed E-state index contributed by atoms with van der Waals surface area (Å²) in [5, 5.41) is 0. The molecule has 1 aliphatic rings. The molecule has 0 saturated carbocycles. The number of aryl methyl sites for hydroxylation is 2. The molecule has 0 aliphatic carbocycles. The second-order valence-electron chi connectivity index (χ2n) is 3.29. The Balaban J connectivity index is 2.26. The van der Waals surface area contributed by atoms with Gasteiger partial charge in [0, 0.05) is 10.6 Å². The van der Waals surface area contributed by atoms with Gasteiger partial charge in [0.25, 0.3) is 0 Å². The third kappa shape index (κ3) is 1.51. The van der Waals surface area contributed by atoms with E-state index in [0.717, 1.165) is 0 Å². The van der Waals surface area contributed by atoms with E-state index in [2.05, 4.69) is 25.1 Å². The van der Waals surface area contributed by atoms with E-state index in [0.29, 0.717) is 0 Å². The third-order valence-electron chi connectivity index (χ3n) is 2.30. The number of thioether (sulfide) groups is 1. The summed E-state index contributed by atoms with van der Waals surface area (Å²) in [6.07, 6.45) is 3.75. The first kappa shape index (κ1) is 8.18. The standard InChI is InChI=1S/C11H14S/c1-2-3-9-4-5-10-6-7-12-11(10)8-9/h4-5,8H,2-3,6-7H2,1H3. The van der Waals surface area contributed by atoms with Gasteiger partial charge < -0.3 is 0 Å². The molecule has 2 rings (SSSR count). The number of fused-ring (bicyclic) bond motifs is 1. The van der Waals surface area contributed by atoms with Crippen molar-refractivity contribution in [2.75, 3.05) is 5.75 Å². The lowest BCUT2D eigenvalue weighted by atomic mass is 10.1. The third-order valence-corrected chi connectivity index (χ3v) is 3.40. The van der Waals surface area contributed by atoms with Crippen LogP contribution < -0.4 is 0 Å². The zero-order valence-corrected chi connectivity index (χ0v) is 8.29. The van der Waals surface area contributed by atoms with Crippen molar-refractivity contribution < 1.29 is 0 Å². The van der Waals surface area contributed by atoms with Gasteiger partial charge in [-0.2, -0.15) is 0 Å². The smallest absolute Gasteiger partial charge is 0.0107 e. The molecule has 0 atom stereocenters. The van der Waals surface area contributed by atoms with Gasteiger partial charge in [0.15, 0.2) is 0 Å². The van der Waals surface area contributed by atoms with Gasteiger partial charge in [-0.05, 0) is 30.0 Å². The van der Waals surface area contributed by atoms with Crippen molar-refractivity contribution in [3.05, 3.63) is 29.3 Å². The minimum absolute atomic E-state index is 1.23. The molecule has 12 heavy (non-hydrogen) atoms. The SMILES string of the molecule is CCCc1ccc2c(c1)SCC2. The van der Waals surface area contributed by atoms with Gasteiger partial charge in [-0.15, -0.1) is 11.8 Å². The van der Waals surface area contributed by atoms with Crippen LogP contribution in [0.15, 0.2) is 23.1 Å². The van der Waals surface area contributed by atoms with Crippen molar-refractivity contribution in [2.45, 2.75) is 31.1 Å². The fourth-order valence-electron chi connectivity index (χ4n) is 1.65. The first-order valence-electron chi connectivity index (χ1n) is 4.65. The Labute approximate surface area is 78.4 Å². The van der Waals surface area contributed by atoms with Crippen LogP contribution in [0.25, 0.3) is 0 Å². The summed E-state index contributed by atoms with van der Waals surface area (Å²) in [6.45, 7) is 2.24. The van der Waals surface area contributed by atoms with Crippen LogP contribution in [0.3, 0.4) is 0 Å². The molecule has 64 valence electrons. The fourth-order valence-corrected chi connectivity index (χ4v) is 2.79. The van der Waals surface area contributed by atoms with Crippen LogP contribution in [0.1, 0.15) is 24.5 Å². The molecule has 0 radical (unpaired) electrons. The fraction of sp³-hybridized carbons (Fsp3) is 0.455. The zero-order valence-electron chi connectivity index (χ0n) is 7.47. The average Bonchev–Trinajstić information content (AvgIpc) is 2.51. The van der Waals surface area contributed by atoms with E-state index in [1.54, 1.807) is 5.56 Å². The minimum Gasteiger partial charge on any atom is -0.126 e. The summed E-state index contributed by atoms with van der Waals surface area (Å²) in [6, 6.07) is 6.96. The molecule has 1 aliphatic heterocycles. The zero-order chi connectivity index (χ0) is 8.39. The minimum atomic E-state index is 1.23. The molecule has 1 aromatic rings. The van der Waals surface area contributed by atoms with Crippen molar-refractivity contribution in [1.29, 1.82) is 0 Å². The monoisotopic (exact) mass is 178 g/mol. The Morgan fingerprint density at radius 3 is 3.17 bits per heavy atom. The maximum absolute atomic E-state index is 2.37. The summed E-state index contributed by atoms with van der Waals surface area (Å²) in [5.74, 6) is 1.28. The van der Waals surface area contributed by atoms with Crippen LogP contribution in [-0.2, 0) is 12.8 Å². The highest BCUT2D eigenvalue weighted by Crippen LogP contribution is 2.31. The molecule has 0 N–H and O–H groups in total. The second-order valence-corrected chi connectivity index (χ2v) is 4.43. The summed E-state index contributed by atoms with van der Waals surface area (Å²) in [7, 11) is 0. The van der Waals surface area contributed by atoms with E-state index < -0.39 is 0 Å². The number of rotatable bonds is 2. The topological polar surface area (TPSA) is 0 Å². The lowest BCUT2D eigenvalue weighted by Crippen LogP contribution is -1.85. The van der Waals surface area contributed by atoms with E-state index in [-0.39, 0.29) is 0 Å². The summed E-state index contributed by atoms with van der Waals surface area (Å²) >= 11 is 2.01. The van der Waals surface area contributed by atoms with Gasteiger partial charge in [0.2, 0.25) is 0 Å². The molecule has 0 saturated heterocycles. The van der Waals surface area contributed by atoms with Gasteiger partial charge >= 0.3 is 0 Å². The predicted octanol–water partition coefficient (Wildman–Crippen LogP) is 3.29. The van der Waals surface area contributed by atoms with Crippen LogP contribution in [0.2, 0.25) is 0 Å². The number of benzene rings is 1. The highest BCUT2D eigenvalue weighted by molar-refractivity contribution is 7.99. The van der Waals surface area contributed by atoms with Crippen molar-refractivity contribution in [3.63, 3.8) is 0 Å². The van der Waals surface area contributed by atoms with Crippen LogP contribution in [0, 0.1) is 0 Å². The summed E-state index contributed by atoms with van der Waals surface area (Å²) < 4.78 is 0. The largest absolute Gasteiger partial charge is 0.126 e. The first-order chi connectivity index (χ1) is 5.90. The lowest BCUT2D eigenvalue weighted by molar-refractivity contribution is 0.915. The maximum atomic E-state index is 2.37. The molecule has 0 fully saturated rings. The van der Waals surface area contributed by atoms with E-state index >= 15 is 0 Å². The molecular formula is C11H14S. The molecule has 0 bridgehead atoms. The van der Waals surface area contributed by atoms with Gasteiger partial charge in [-0.3, -0.25) is 0 Å². The molecular weight excluding hydrogens is 164 g/mol. The predicted molar refractivity (Wildman–Crippen MR) is 54.9 cm³/mol. The van der Waals surface area contributed by atoms with Crippen molar-refractivity contribution >= 4 is 11.8 Å². The summed E-state index contributed by atoms with van der Waals surface area (Å²) in [4.78, 5) is 1.53. The molecule has 0 unspecified atom stereocenters. The Morgan fingerprint density at radius 2 is 2.33 bits per heavy atom. The van der Waals surface area contributed by atoms with Gasteiger partial charge in [0.05, 0.1) is 0 Å². The van der Waals surface area contributed by atoms with Crippen molar-refractivity contribution in [3.8, 4) is 0 Å². The van der Waals surface area contributed by atoms with E-state index in [1.165, 1.54) is 35.5 Å². The van der Waals surface area contributed by atoms with Crippen molar-refractivity contribution in [2.24, 2.45) is 0 Å². The average molecular weight is 178 g/mol. The molecule has 0 spiro atoms. The van der Waals surface area contributed by atoms with Gasteiger partial charge in [-0.1, -0.05) is 25.5 Å². The number of hydrogen-bond acceptors (Lipinski definition) is 1. The maximum Gasteiger partial charge on any atom is 0.0107 e. The van der Waals surface area contributed by atoms with Crippen molar-refractivity contribution in [1.82, 2.24) is 0 Å². The molecule has 1 aromatic carbocycles. The second kappa shape index (κ2) is 3.53. The molecule has 0 nitrogen and oxygen atoms in total. The quantitative estimate of drug-likeness (QED) is 0.669. The van der Waals surface area contributed by atoms with Crippen LogP contribution in [0.5, 0.6) is 0 Å². The van der Waals surface area contributed by atoms with E-state index in [1.807, 2.05) is 11.8 Å². The van der Waals surface area contributed by atoms with Crippen LogP contribution in [0.4, 0.5) is 0 Å². The lowest BCUT2D eigenvalue weighted by Gasteiger charge is -2.01. The molecule has 1 heterocycles. The Hall–Kier alpha value is -0.430. The van der Waals surface area contributed by atoms with E-state index in [4.69, 9.17) is 0 Å². The molecule has 0 amide bonds. The summed E-state index contributed by atoms with van der Waals surface area (Å²) in [5.41, 5.74) is 3.06. The molecule has 0 aromatic heterocycles. The molecule has 1 heteroatoms. The Kier molecular flexibility index (Phi) is 2.40. The van der Waals surface area contributed by atoms with E-state index in [9.17, 15) is 0 Å². The highest BCUT2D eigenvalue weighted by atomic mass is 32.2. The normalized spacial score (nSPS) is 14.8. The van der Waals surface area contributed by atoms with Crippen LogP contribution >= 0.6 is 11.8 Å². The van der Waals surface area contributed by atoms with Gasteiger partial charge in [0.1, 0.15) is 0 Å². The van der Waals surface area contributed by atoms with Crippen LogP contribution in [-0.4, -0.2) is 5.75 Å². The Morgan fingerprint density at radius 1 is 1.42 bits per heavy atom. The highest BCUT2D eigenvalue weighted by Gasteiger charge is 2.10. The van der Waals surface area contributed by atoms with Gasteiger partial charge in [-0.25, -0.2) is 0 Å². The number of hydrogen-bond donors (Lipinski definition) is 0. The Bertz CT molecular complexity index is 278. The first-order valence-corrected chi connectivity index (χ1v) is 5.63.